The molecule has 4 atom stereocenters. The molecule has 0 bridgehead atoms. The Kier molecular flexibility index (Phi) is 5.97. The number of rotatable bonds is 8. The van der Waals surface area contributed by atoms with Gasteiger partial charge in [0.25, 0.3) is 0 Å². The smallest absolute Gasteiger partial charge is 0.325 e. The van der Waals surface area contributed by atoms with Gasteiger partial charge in [-0.25, -0.2) is 4.98 Å². The Morgan fingerprint density at radius 1 is 1.14 bits per heavy atom. The molecule has 4 N–H and O–H groups in total. The van der Waals surface area contributed by atoms with Crippen LogP contribution in [0.1, 0.15) is 29.8 Å². The van der Waals surface area contributed by atoms with Gasteiger partial charge in [0, 0.05) is 29.9 Å². The number of hydrogen-bond acceptors (Lipinski definition) is 7. The van der Waals surface area contributed by atoms with Crippen molar-refractivity contribution in [1.82, 2.24) is 20.2 Å². The molecule has 36 heavy (non-hydrogen) atoms. The summed E-state index contributed by atoms with van der Waals surface area (Å²) < 4.78 is 5.51. The molecular weight excluding hydrogens is 464 g/mol. The minimum atomic E-state index is -1.81. The van der Waals surface area contributed by atoms with Crippen LogP contribution in [0.2, 0.25) is 0 Å². The number of carbonyl (C=O) groups excluding carboxylic acids is 2. The second-order valence-electron chi connectivity index (χ2n) is 9.03. The Bertz CT molecular complexity index is 1300. The van der Waals surface area contributed by atoms with Crippen molar-refractivity contribution in [2.24, 2.45) is 11.8 Å². The van der Waals surface area contributed by atoms with Gasteiger partial charge in [-0.15, -0.1) is 0 Å². The first-order valence-electron chi connectivity index (χ1n) is 11.7. The fourth-order valence-electron chi connectivity index (χ4n) is 5.43. The van der Waals surface area contributed by atoms with Crippen LogP contribution in [0.4, 0.5) is 0 Å². The van der Waals surface area contributed by atoms with E-state index in [1.807, 2.05) is 18.2 Å². The Morgan fingerprint density at radius 3 is 2.58 bits per heavy atom. The van der Waals surface area contributed by atoms with Gasteiger partial charge in [-0.1, -0.05) is 42.5 Å². The van der Waals surface area contributed by atoms with E-state index in [0.717, 1.165) is 10.5 Å². The molecule has 2 aliphatic rings. The molecule has 10 heteroatoms. The highest BCUT2D eigenvalue weighted by Crippen LogP contribution is 2.52. The van der Waals surface area contributed by atoms with Crippen LogP contribution in [0.5, 0.6) is 11.5 Å². The van der Waals surface area contributed by atoms with Gasteiger partial charge in [0.2, 0.25) is 11.8 Å². The molecule has 2 aliphatic heterocycles. The largest absolute Gasteiger partial charge is 0.504 e. The van der Waals surface area contributed by atoms with Gasteiger partial charge in [-0.05, 0) is 18.6 Å². The van der Waals surface area contributed by atoms with E-state index in [1.54, 1.807) is 37.3 Å². The number of H-pyrrole nitrogens is 1. The molecule has 5 rings (SSSR count). The van der Waals surface area contributed by atoms with Crippen LogP contribution >= 0.6 is 0 Å². The minimum Gasteiger partial charge on any atom is -0.504 e. The monoisotopic (exact) mass is 490 g/mol. The zero-order valence-electron chi connectivity index (χ0n) is 19.5. The highest BCUT2D eigenvalue weighted by Gasteiger charge is 2.68. The number of amides is 2. The van der Waals surface area contributed by atoms with E-state index < -0.39 is 41.2 Å². The van der Waals surface area contributed by atoms with Crippen LogP contribution in [0.3, 0.4) is 0 Å². The van der Waals surface area contributed by atoms with Crippen molar-refractivity contribution in [3.05, 3.63) is 77.9 Å². The molecule has 0 saturated carbocycles. The molecule has 3 heterocycles. The van der Waals surface area contributed by atoms with Crippen molar-refractivity contribution in [3.63, 3.8) is 0 Å². The summed E-state index contributed by atoms with van der Waals surface area (Å²) in [6.07, 6.45) is 2.81. The number of phenols is 1. The van der Waals surface area contributed by atoms with E-state index in [0.29, 0.717) is 17.9 Å². The minimum absolute atomic E-state index is 0.0307. The first-order chi connectivity index (χ1) is 17.4. The molecule has 2 aromatic carbocycles. The molecule has 2 saturated heterocycles. The molecule has 3 aromatic rings. The molecular formula is C26H26N4O6. The van der Waals surface area contributed by atoms with Crippen LogP contribution in [0.15, 0.2) is 61.1 Å². The lowest BCUT2D eigenvalue weighted by atomic mass is 9.77. The number of carbonyl (C=O) groups is 3. The van der Waals surface area contributed by atoms with E-state index >= 15 is 0 Å². The number of aromatic amines is 1. The average molecular weight is 491 g/mol. The molecule has 0 unspecified atom stereocenters. The Labute approximate surface area is 206 Å². The second-order valence-corrected chi connectivity index (χ2v) is 9.03. The molecule has 10 nitrogen and oxygen atoms in total. The molecule has 2 fully saturated rings. The Hall–Kier alpha value is -4.18. The maximum Gasteiger partial charge on any atom is 0.325 e. The predicted molar refractivity (Wildman–Crippen MR) is 127 cm³/mol. The van der Waals surface area contributed by atoms with E-state index in [9.17, 15) is 24.6 Å². The Balaban J connectivity index is 1.62. The number of nitrogens with zero attached hydrogens (tertiary/aromatic N) is 2. The van der Waals surface area contributed by atoms with E-state index in [1.165, 1.54) is 12.5 Å². The van der Waals surface area contributed by atoms with Gasteiger partial charge in [-0.2, -0.15) is 0 Å². The molecule has 0 radical (unpaired) electrons. The van der Waals surface area contributed by atoms with Gasteiger partial charge in [-0.3, -0.25) is 24.6 Å². The fourth-order valence-corrected chi connectivity index (χ4v) is 5.43. The number of imide groups is 1. The lowest BCUT2D eigenvalue weighted by Crippen LogP contribution is -2.57. The number of para-hydroxylation sites is 1. The standard InChI is InChI=1S/C26H26N4O6/c1-2-36-18-10-6-9-17(22(18)31)21-19-20(26(29-21,25(34)35)11-16-12-27-14-28-16)24(33)30(23(19)32)13-15-7-4-3-5-8-15/h3-10,12,14,19-21,29,31H,2,11,13H2,1H3,(H,27,28)(H,34,35)/t19-,20+,21-,26+/m1/s1. The number of aliphatic carboxylic acids is 1. The third-order valence-corrected chi connectivity index (χ3v) is 7.00. The van der Waals surface area contributed by atoms with Gasteiger partial charge in [0.15, 0.2) is 11.5 Å². The summed E-state index contributed by atoms with van der Waals surface area (Å²) in [5.41, 5.74) is -0.266. The van der Waals surface area contributed by atoms with E-state index in [-0.39, 0.29) is 24.5 Å². The zero-order chi connectivity index (χ0) is 25.4. The van der Waals surface area contributed by atoms with Crippen LogP contribution in [-0.2, 0) is 27.3 Å². The number of carboxylic acids is 1. The number of phenolic OH excluding ortho intramolecular Hbond substituents is 1. The van der Waals surface area contributed by atoms with Crippen LogP contribution in [0, 0.1) is 11.8 Å². The number of aromatic nitrogens is 2. The number of aromatic hydroxyl groups is 1. The SMILES string of the molecule is CCOc1cccc([C@H]2N[C@](Cc3cnc[nH]3)(C(=O)O)[C@@H]3C(=O)N(Cc4ccccc4)C(=O)[C@@H]23)c1O. The number of hydrogen-bond donors (Lipinski definition) is 4. The first kappa shape index (κ1) is 23.6. The van der Waals surface area contributed by atoms with Crippen LogP contribution in [-0.4, -0.2) is 55.0 Å². The van der Waals surface area contributed by atoms with Crippen molar-refractivity contribution in [1.29, 1.82) is 0 Å². The Morgan fingerprint density at radius 2 is 1.92 bits per heavy atom. The fraction of sp³-hybridized carbons (Fsp3) is 0.308. The van der Waals surface area contributed by atoms with E-state index in [2.05, 4.69) is 15.3 Å². The summed E-state index contributed by atoms with van der Waals surface area (Å²) in [5, 5.41) is 24.6. The molecule has 186 valence electrons. The summed E-state index contributed by atoms with van der Waals surface area (Å²) in [5.74, 6) is -4.53. The van der Waals surface area contributed by atoms with Gasteiger partial charge in [0.05, 0.1) is 31.3 Å². The maximum atomic E-state index is 13.8. The zero-order valence-corrected chi connectivity index (χ0v) is 19.5. The first-order valence-corrected chi connectivity index (χ1v) is 11.7. The van der Waals surface area contributed by atoms with Gasteiger partial charge >= 0.3 is 5.97 Å². The van der Waals surface area contributed by atoms with Gasteiger partial charge < -0.3 is 19.9 Å². The summed E-state index contributed by atoms with van der Waals surface area (Å²) >= 11 is 0. The summed E-state index contributed by atoms with van der Waals surface area (Å²) in [4.78, 5) is 48.4. The van der Waals surface area contributed by atoms with Crippen LogP contribution < -0.4 is 10.1 Å². The predicted octanol–water partition coefficient (Wildman–Crippen LogP) is 2.03. The summed E-state index contributed by atoms with van der Waals surface area (Å²) in [6.45, 7) is 2.11. The summed E-state index contributed by atoms with van der Waals surface area (Å²) in [6, 6.07) is 13.0. The lowest BCUT2D eigenvalue weighted by Gasteiger charge is -2.31. The van der Waals surface area contributed by atoms with Gasteiger partial charge in [0.1, 0.15) is 5.54 Å². The highest BCUT2D eigenvalue weighted by atomic mass is 16.5. The quantitative estimate of drug-likeness (QED) is 0.351. The third kappa shape index (κ3) is 3.70. The number of fused-ring (bicyclic) bond motifs is 1. The van der Waals surface area contributed by atoms with Crippen molar-refractivity contribution >= 4 is 17.8 Å². The number of benzene rings is 2. The average Bonchev–Trinajstić information content (AvgIpc) is 3.56. The molecule has 0 spiro atoms. The van der Waals surface area contributed by atoms with Crippen molar-refractivity contribution in [2.75, 3.05) is 6.61 Å². The normalized spacial score (nSPS) is 25.2. The van der Waals surface area contributed by atoms with Crippen molar-refractivity contribution in [2.45, 2.75) is 31.5 Å². The maximum absolute atomic E-state index is 13.8. The van der Waals surface area contributed by atoms with Crippen molar-refractivity contribution in [3.8, 4) is 11.5 Å². The molecule has 1 aromatic heterocycles. The highest BCUT2D eigenvalue weighted by molar-refractivity contribution is 6.09. The number of carboxylic acid groups (broad SMARTS) is 1. The summed E-state index contributed by atoms with van der Waals surface area (Å²) in [7, 11) is 0. The van der Waals surface area contributed by atoms with Crippen molar-refractivity contribution < 1.29 is 29.3 Å². The lowest BCUT2D eigenvalue weighted by molar-refractivity contribution is -0.151. The number of likely N-dealkylation sites (tertiary alicyclic amines) is 1. The number of imidazole rings is 1. The molecule has 2 amide bonds. The van der Waals surface area contributed by atoms with E-state index in [4.69, 9.17) is 4.74 Å². The number of nitrogens with one attached hydrogen (secondary N) is 2. The topological polar surface area (TPSA) is 145 Å². The second kappa shape index (κ2) is 9.12. The molecule has 0 aliphatic carbocycles. The van der Waals surface area contributed by atoms with Crippen LogP contribution in [0.25, 0.3) is 0 Å². The third-order valence-electron chi connectivity index (χ3n) is 7.00. The number of ether oxygens (including phenoxy) is 1.